The van der Waals surface area contributed by atoms with Crippen LogP contribution in [0.2, 0.25) is 0 Å². The molecular formula is C24H22BN7. The molecule has 0 spiro atoms. The fourth-order valence-corrected chi connectivity index (χ4v) is 4.38. The molecule has 0 radical (unpaired) electrons. The lowest BCUT2D eigenvalue weighted by atomic mass is 9.96. The first kappa shape index (κ1) is 19.0. The van der Waals surface area contributed by atoms with Crippen LogP contribution in [0.25, 0.3) is 38.8 Å². The molecule has 0 aliphatic carbocycles. The molecule has 1 aliphatic rings. The van der Waals surface area contributed by atoms with Gasteiger partial charge in [-0.25, -0.2) is 14.5 Å². The lowest BCUT2D eigenvalue weighted by Crippen LogP contribution is -2.43. The van der Waals surface area contributed by atoms with Crippen LogP contribution in [0, 0.1) is 0 Å². The molecule has 1 N–H and O–H groups in total. The molecule has 5 aromatic rings. The number of piperazine rings is 1. The van der Waals surface area contributed by atoms with E-state index in [4.69, 9.17) is 4.98 Å². The van der Waals surface area contributed by atoms with Crippen LogP contribution in [-0.4, -0.2) is 58.6 Å². The van der Waals surface area contributed by atoms with Gasteiger partial charge in [-0.2, -0.15) is 5.10 Å². The third kappa shape index (κ3) is 3.29. The number of anilines is 1. The number of rotatable bonds is 3. The van der Waals surface area contributed by atoms with Crippen LogP contribution in [0.15, 0.2) is 67.3 Å². The number of para-hydroxylation sites is 1. The summed E-state index contributed by atoms with van der Waals surface area (Å²) >= 11 is 0. The SMILES string of the molecule is Bc1cc(-c2cnn3cc(-c4ccc(N5CCNCC5)nc4)cnc23)c2ccccc2n1. The molecule has 0 saturated carbocycles. The van der Waals surface area contributed by atoms with E-state index in [9.17, 15) is 0 Å². The van der Waals surface area contributed by atoms with Crippen LogP contribution in [0.1, 0.15) is 0 Å². The molecule has 0 bridgehead atoms. The summed E-state index contributed by atoms with van der Waals surface area (Å²) in [6, 6.07) is 14.5. The van der Waals surface area contributed by atoms with Crippen LogP contribution in [-0.2, 0) is 0 Å². The fourth-order valence-electron chi connectivity index (χ4n) is 4.38. The predicted octanol–water partition coefficient (Wildman–Crippen LogP) is 1.67. The summed E-state index contributed by atoms with van der Waals surface area (Å²) in [6.45, 7) is 3.97. The van der Waals surface area contributed by atoms with Crippen LogP contribution in [0.5, 0.6) is 0 Å². The second-order valence-electron chi connectivity index (χ2n) is 8.14. The number of nitrogens with one attached hydrogen (secondary N) is 1. The van der Waals surface area contributed by atoms with Crippen molar-refractivity contribution in [2.45, 2.75) is 0 Å². The molecule has 0 unspecified atom stereocenters. The Morgan fingerprint density at radius 2 is 1.72 bits per heavy atom. The Balaban J connectivity index is 1.37. The summed E-state index contributed by atoms with van der Waals surface area (Å²) in [6.07, 6.45) is 7.73. The highest BCUT2D eigenvalue weighted by atomic mass is 15.2. The smallest absolute Gasteiger partial charge is 0.163 e. The molecule has 4 aromatic heterocycles. The lowest BCUT2D eigenvalue weighted by molar-refractivity contribution is 0.585. The topological polar surface area (TPSA) is 71.2 Å². The maximum absolute atomic E-state index is 4.78. The molecule has 5 heterocycles. The molecule has 0 atom stereocenters. The van der Waals surface area contributed by atoms with Gasteiger partial charge < -0.3 is 10.2 Å². The van der Waals surface area contributed by atoms with Gasteiger partial charge in [-0.3, -0.25) is 4.98 Å². The Kier molecular flexibility index (Phi) is 4.58. The van der Waals surface area contributed by atoms with Crippen LogP contribution in [0.4, 0.5) is 5.82 Å². The summed E-state index contributed by atoms with van der Waals surface area (Å²) < 4.78 is 1.85. The van der Waals surface area contributed by atoms with Gasteiger partial charge in [0.15, 0.2) is 13.5 Å². The van der Waals surface area contributed by atoms with Gasteiger partial charge in [0.05, 0.1) is 11.7 Å². The van der Waals surface area contributed by atoms with Crippen LogP contribution in [0.3, 0.4) is 0 Å². The van der Waals surface area contributed by atoms with Gasteiger partial charge in [0.1, 0.15) is 5.82 Å². The number of hydrogen-bond donors (Lipinski definition) is 1. The second kappa shape index (κ2) is 7.73. The van der Waals surface area contributed by atoms with E-state index in [2.05, 4.69) is 49.5 Å². The molecule has 7 nitrogen and oxygen atoms in total. The minimum absolute atomic E-state index is 0.829. The minimum Gasteiger partial charge on any atom is -0.354 e. The van der Waals surface area contributed by atoms with Crippen molar-refractivity contribution < 1.29 is 0 Å². The van der Waals surface area contributed by atoms with Crippen molar-refractivity contribution in [2.75, 3.05) is 31.1 Å². The van der Waals surface area contributed by atoms with Crippen LogP contribution >= 0.6 is 0 Å². The number of pyridine rings is 2. The zero-order chi connectivity index (χ0) is 21.5. The van der Waals surface area contributed by atoms with Crippen LogP contribution < -0.4 is 15.8 Å². The van der Waals surface area contributed by atoms with E-state index in [0.717, 1.165) is 76.4 Å². The van der Waals surface area contributed by atoms with Gasteiger partial charge in [-0.1, -0.05) is 18.2 Å². The van der Waals surface area contributed by atoms with Crippen molar-refractivity contribution in [3.63, 3.8) is 0 Å². The van der Waals surface area contributed by atoms with Gasteiger partial charge in [-0.15, -0.1) is 0 Å². The van der Waals surface area contributed by atoms with Gasteiger partial charge in [-0.05, 0) is 35.4 Å². The van der Waals surface area contributed by atoms with Gasteiger partial charge in [0.25, 0.3) is 0 Å². The normalized spacial score (nSPS) is 14.3. The summed E-state index contributed by atoms with van der Waals surface area (Å²) in [7, 11) is 2.02. The monoisotopic (exact) mass is 419 g/mol. The first-order valence-electron chi connectivity index (χ1n) is 10.9. The van der Waals surface area contributed by atoms with E-state index in [-0.39, 0.29) is 0 Å². The Hall–Kier alpha value is -3.78. The number of hydrogen-bond acceptors (Lipinski definition) is 6. The van der Waals surface area contributed by atoms with Gasteiger partial charge in [0.2, 0.25) is 0 Å². The van der Waals surface area contributed by atoms with Gasteiger partial charge in [0, 0.05) is 66.8 Å². The minimum atomic E-state index is 0.829. The quantitative estimate of drug-likeness (QED) is 0.449. The third-order valence-electron chi connectivity index (χ3n) is 6.01. The second-order valence-corrected chi connectivity index (χ2v) is 8.14. The number of aromatic nitrogens is 5. The predicted molar refractivity (Wildman–Crippen MR) is 130 cm³/mol. The maximum atomic E-state index is 4.78. The van der Waals surface area contributed by atoms with E-state index in [1.807, 2.05) is 55.3 Å². The largest absolute Gasteiger partial charge is 0.354 e. The highest BCUT2D eigenvalue weighted by molar-refractivity contribution is 6.32. The number of benzene rings is 1. The number of nitrogens with zero attached hydrogens (tertiary/aromatic N) is 6. The summed E-state index contributed by atoms with van der Waals surface area (Å²) in [5, 5.41) is 9.08. The fraction of sp³-hybridized carbons (Fsp3) is 0.167. The first-order chi connectivity index (χ1) is 15.8. The van der Waals surface area contributed by atoms with E-state index in [1.54, 1.807) is 0 Å². The molecular weight excluding hydrogens is 397 g/mol. The molecule has 1 aliphatic heterocycles. The molecule has 1 aromatic carbocycles. The molecule has 1 saturated heterocycles. The highest BCUT2D eigenvalue weighted by Gasteiger charge is 2.14. The summed E-state index contributed by atoms with van der Waals surface area (Å²) in [5.74, 6) is 1.02. The van der Waals surface area contributed by atoms with Crippen molar-refractivity contribution in [1.29, 1.82) is 0 Å². The maximum Gasteiger partial charge on any atom is 0.163 e. The van der Waals surface area contributed by atoms with Crippen molar-refractivity contribution >= 4 is 35.8 Å². The molecule has 156 valence electrons. The van der Waals surface area contributed by atoms with E-state index in [1.165, 1.54) is 0 Å². The van der Waals surface area contributed by atoms with Crippen molar-refractivity contribution in [2.24, 2.45) is 0 Å². The molecule has 8 heteroatoms. The Bertz CT molecular complexity index is 1420. The van der Waals surface area contributed by atoms with Crippen molar-refractivity contribution in [3.8, 4) is 22.3 Å². The average Bonchev–Trinajstić information content (AvgIpc) is 3.27. The van der Waals surface area contributed by atoms with E-state index < -0.39 is 0 Å². The van der Waals surface area contributed by atoms with E-state index in [0.29, 0.717) is 0 Å². The zero-order valence-electron chi connectivity index (χ0n) is 17.9. The highest BCUT2D eigenvalue weighted by Crippen LogP contribution is 2.30. The lowest BCUT2D eigenvalue weighted by Gasteiger charge is -2.28. The Morgan fingerprint density at radius 1 is 0.875 bits per heavy atom. The average molecular weight is 419 g/mol. The summed E-state index contributed by atoms with van der Waals surface area (Å²) in [4.78, 5) is 16.4. The summed E-state index contributed by atoms with van der Waals surface area (Å²) in [5.41, 5.74) is 6.91. The molecule has 0 amide bonds. The van der Waals surface area contributed by atoms with E-state index >= 15 is 0 Å². The van der Waals surface area contributed by atoms with Crippen molar-refractivity contribution in [1.82, 2.24) is 29.9 Å². The molecule has 32 heavy (non-hydrogen) atoms. The number of fused-ring (bicyclic) bond motifs is 2. The first-order valence-corrected chi connectivity index (χ1v) is 10.9. The molecule has 1 fully saturated rings. The third-order valence-corrected chi connectivity index (χ3v) is 6.01. The Morgan fingerprint density at radius 3 is 2.56 bits per heavy atom. The Labute approximate surface area is 186 Å². The van der Waals surface area contributed by atoms with Gasteiger partial charge >= 0.3 is 0 Å². The standard InChI is InChI=1S/C24H22BN7/c25-22-11-19(18-3-1-2-4-21(18)30-22)20-14-29-32-15-17(13-28-24(20)32)16-5-6-23(27-12-16)31-9-7-26-8-10-31/h1-6,11-15,26H,7-10,25H2. The van der Waals surface area contributed by atoms with Crippen molar-refractivity contribution in [3.05, 3.63) is 67.3 Å². The molecule has 6 rings (SSSR count). The zero-order valence-corrected chi connectivity index (χ0v) is 17.9.